The number of anilines is 2. The molecule has 0 aliphatic rings. The maximum atomic E-state index is 12.3. The Bertz CT molecular complexity index is 705. The normalized spacial score (nSPS) is 10.6. The molecule has 132 valence electrons. The van der Waals surface area contributed by atoms with Crippen LogP contribution in [0.2, 0.25) is 0 Å². The van der Waals surface area contributed by atoms with Crippen LogP contribution >= 0.6 is 0 Å². The summed E-state index contributed by atoms with van der Waals surface area (Å²) in [6.07, 6.45) is 0. The Hall–Kier alpha value is -2.66. The summed E-state index contributed by atoms with van der Waals surface area (Å²) in [5, 5.41) is 5.55. The molecule has 0 saturated carbocycles. The molecule has 5 nitrogen and oxygen atoms in total. The molecule has 2 aromatic carbocycles. The van der Waals surface area contributed by atoms with E-state index in [9.17, 15) is 9.59 Å². The highest BCUT2D eigenvalue weighted by molar-refractivity contribution is 6.04. The van der Waals surface area contributed by atoms with Crippen LogP contribution in [0.15, 0.2) is 48.5 Å². The van der Waals surface area contributed by atoms with Crippen LogP contribution in [-0.2, 0) is 11.3 Å². The molecular weight excluding hydrogens is 314 g/mol. The predicted octanol–water partition coefficient (Wildman–Crippen LogP) is 3.74. The number of carbonyl (C=O) groups is 2. The molecule has 5 heteroatoms. The van der Waals surface area contributed by atoms with E-state index in [1.807, 2.05) is 24.3 Å². The molecule has 0 unspecified atom stereocenters. The van der Waals surface area contributed by atoms with Gasteiger partial charge in [-0.1, -0.05) is 26.0 Å². The van der Waals surface area contributed by atoms with Gasteiger partial charge < -0.3 is 10.6 Å². The summed E-state index contributed by atoms with van der Waals surface area (Å²) in [7, 11) is 0. The van der Waals surface area contributed by atoms with Crippen molar-refractivity contribution >= 4 is 23.2 Å². The van der Waals surface area contributed by atoms with Gasteiger partial charge in [0.1, 0.15) is 0 Å². The van der Waals surface area contributed by atoms with Crippen LogP contribution in [0.5, 0.6) is 0 Å². The number of carbonyl (C=O) groups excluding carboxylic acids is 2. The third-order valence-corrected chi connectivity index (χ3v) is 3.98. The Kier molecular flexibility index (Phi) is 6.71. The summed E-state index contributed by atoms with van der Waals surface area (Å²) >= 11 is 0. The van der Waals surface area contributed by atoms with E-state index in [2.05, 4.69) is 29.4 Å². The van der Waals surface area contributed by atoms with Gasteiger partial charge in [0.05, 0.1) is 0 Å². The molecule has 0 aromatic heterocycles. The Balaban J connectivity index is 1.97. The first-order valence-electron chi connectivity index (χ1n) is 8.52. The molecule has 2 N–H and O–H groups in total. The van der Waals surface area contributed by atoms with Gasteiger partial charge in [0.15, 0.2) is 0 Å². The van der Waals surface area contributed by atoms with E-state index >= 15 is 0 Å². The largest absolute Gasteiger partial charge is 0.326 e. The van der Waals surface area contributed by atoms with E-state index in [1.165, 1.54) is 12.5 Å². The fourth-order valence-corrected chi connectivity index (χ4v) is 2.51. The van der Waals surface area contributed by atoms with Gasteiger partial charge in [0, 0.05) is 30.4 Å². The van der Waals surface area contributed by atoms with E-state index in [0.29, 0.717) is 16.9 Å². The van der Waals surface area contributed by atoms with Crippen molar-refractivity contribution in [1.29, 1.82) is 0 Å². The van der Waals surface area contributed by atoms with Crippen molar-refractivity contribution in [3.63, 3.8) is 0 Å². The zero-order chi connectivity index (χ0) is 18.2. The third kappa shape index (κ3) is 5.72. The molecular formula is C20H25N3O2. The van der Waals surface area contributed by atoms with Crippen molar-refractivity contribution in [3.8, 4) is 0 Å². The summed E-state index contributed by atoms with van der Waals surface area (Å²) in [5.74, 6) is -0.275. The SMILES string of the molecule is CCN(CC)Cc1ccc(C(=O)Nc2ccc(NC(C)=O)cc2)cc1. The minimum Gasteiger partial charge on any atom is -0.326 e. The first-order chi connectivity index (χ1) is 12.0. The average Bonchev–Trinajstić information content (AvgIpc) is 2.61. The van der Waals surface area contributed by atoms with Crippen molar-refractivity contribution in [2.75, 3.05) is 23.7 Å². The minimum atomic E-state index is -0.151. The van der Waals surface area contributed by atoms with Crippen LogP contribution in [0.1, 0.15) is 36.7 Å². The van der Waals surface area contributed by atoms with Crippen LogP contribution in [0.25, 0.3) is 0 Å². The van der Waals surface area contributed by atoms with Crippen LogP contribution < -0.4 is 10.6 Å². The predicted molar refractivity (Wildman–Crippen MR) is 102 cm³/mol. The molecule has 25 heavy (non-hydrogen) atoms. The number of nitrogens with zero attached hydrogens (tertiary/aromatic N) is 1. The maximum absolute atomic E-state index is 12.3. The fourth-order valence-electron chi connectivity index (χ4n) is 2.51. The van der Waals surface area contributed by atoms with Gasteiger partial charge in [-0.25, -0.2) is 0 Å². The van der Waals surface area contributed by atoms with Gasteiger partial charge >= 0.3 is 0 Å². The van der Waals surface area contributed by atoms with Crippen LogP contribution in [0.3, 0.4) is 0 Å². The summed E-state index contributed by atoms with van der Waals surface area (Å²) in [4.78, 5) is 25.7. The Morgan fingerprint density at radius 1 is 0.840 bits per heavy atom. The highest BCUT2D eigenvalue weighted by atomic mass is 16.2. The summed E-state index contributed by atoms with van der Waals surface area (Å²) in [5.41, 5.74) is 3.20. The monoisotopic (exact) mass is 339 g/mol. The van der Waals surface area contributed by atoms with Gasteiger partial charge in [-0.15, -0.1) is 0 Å². The van der Waals surface area contributed by atoms with Gasteiger partial charge in [-0.2, -0.15) is 0 Å². The number of amides is 2. The summed E-state index contributed by atoms with van der Waals surface area (Å²) in [6.45, 7) is 8.64. The Morgan fingerprint density at radius 3 is 1.84 bits per heavy atom. The molecule has 0 spiro atoms. The molecule has 0 aliphatic carbocycles. The van der Waals surface area contributed by atoms with E-state index in [4.69, 9.17) is 0 Å². The van der Waals surface area contributed by atoms with E-state index in [0.717, 1.165) is 19.6 Å². The zero-order valence-electron chi connectivity index (χ0n) is 15.0. The van der Waals surface area contributed by atoms with Crippen molar-refractivity contribution in [2.24, 2.45) is 0 Å². The molecule has 0 radical (unpaired) electrons. The lowest BCUT2D eigenvalue weighted by Gasteiger charge is -2.18. The first kappa shape index (κ1) is 18.7. The zero-order valence-corrected chi connectivity index (χ0v) is 15.0. The standard InChI is InChI=1S/C20H25N3O2/c1-4-23(5-2)14-16-6-8-17(9-7-16)20(25)22-19-12-10-18(11-13-19)21-15(3)24/h6-13H,4-5,14H2,1-3H3,(H,21,24)(H,22,25). The number of hydrogen-bond donors (Lipinski definition) is 2. The van der Waals surface area contributed by atoms with Gasteiger partial charge in [0.25, 0.3) is 5.91 Å². The third-order valence-electron chi connectivity index (χ3n) is 3.98. The number of hydrogen-bond acceptors (Lipinski definition) is 3. The Morgan fingerprint density at radius 2 is 1.36 bits per heavy atom. The number of benzene rings is 2. The minimum absolute atomic E-state index is 0.124. The number of nitrogens with one attached hydrogen (secondary N) is 2. The first-order valence-corrected chi connectivity index (χ1v) is 8.52. The topological polar surface area (TPSA) is 61.4 Å². The Labute approximate surface area is 149 Å². The van der Waals surface area contributed by atoms with E-state index < -0.39 is 0 Å². The quantitative estimate of drug-likeness (QED) is 0.808. The van der Waals surface area contributed by atoms with E-state index in [1.54, 1.807) is 24.3 Å². The second-order valence-corrected chi connectivity index (χ2v) is 5.87. The van der Waals surface area contributed by atoms with Crippen LogP contribution in [0.4, 0.5) is 11.4 Å². The second kappa shape index (κ2) is 8.99. The smallest absolute Gasteiger partial charge is 0.255 e. The van der Waals surface area contributed by atoms with Crippen LogP contribution in [-0.4, -0.2) is 29.8 Å². The van der Waals surface area contributed by atoms with E-state index in [-0.39, 0.29) is 11.8 Å². The summed E-state index contributed by atoms with van der Waals surface area (Å²) in [6, 6.07) is 14.7. The molecule has 2 aromatic rings. The van der Waals surface area contributed by atoms with Gasteiger partial charge in [0.2, 0.25) is 5.91 Å². The van der Waals surface area contributed by atoms with Gasteiger partial charge in [-0.3, -0.25) is 14.5 Å². The maximum Gasteiger partial charge on any atom is 0.255 e. The molecule has 0 aliphatic heterocycles. The van der Waals surface area contributed by atoms with Crippen molar-refractivity contribution in [1.82, 2.24) is 4.90 Å². The lowest BCUT2D eigenvalue weighted by atomic mass is 10.1. The van der Waals surface area contributed by atoms with Crippen LogP contribution in [0, 0.1) is 0 Å². The molecule has 0 fully saturated rings. The van der Waals surface area contributed by atoms with Crippen molar-refractivity contribution in [3.05, 3.63) is 59.7 Å². The molecule has 0 bridgehead atoms. The molecule has 0 saturated heterocycles. The lowest BCUT2D eigenvalue weighted by Crippen LogP contribution is -2.22. The highest BCUT2D eigenvalue weighted by Gasteiger charge is 2.07. The molecule has 2 rings (SSSR count). The second-order valence-electron chi connectivity index (χ2n) is 5.87. The average molecular weight is 339 g/mol. The fraction of sp³-hybridized carbons (Fsp3) is 0.300. The summed E-state index contributed by atoms with van der Waals surface area (Å²) < 4.78 is 0. The molecule has 0 heterocycles. The highest BCUT2D eigenvalue weighted by Crippen LogP contribution is 2.15. The van der Waals surface area contributed by atoms with Crippen molar-refractivity contribution < 1.29 is 9.59 Å². The molecule has 0 atom stereocenters. The van der Waals surface area contributed by atoms with Crippen molar-refractivity contribution in [2.45, 2.75) is 27.3 Å². The number of rotatable bonds is 7. The molecule has 2 amide bonds. The van der Waals surface area contributed by atoms with Gasteiger partial charge in [-0.05, 0) is 55.1 Å². The lowest BCUT2D eigenvalue weighted by molar-refractivity contribution is -0.114.